The van der Waals surface area contributed by atoms with Crippen LogP contribution in [0.1, 0.15) is 53.4 Å². The molecule has 5 rings (SSSR count). The summed E-state index contributed by atoms with van der Waals surface area (Å²) in [4.78, 5) is 24.7. The number of allylic oxidation sites excluding steroid dienone is 4. The summed E-state index contributed by atoms with van der Waals surface area (Å²) < 4.78 is 44.7. The molecule has 8 atom stereocenters. The molecule has 0 amide bonds. The van der Waals surface area contributed by atoms with Crippen LogP contribution in [0.4, 0.5) is 8.78 Å². The quantitative estimate of drug-likeness (QED) is 0.621. The van der Waals surface area contributed by atoms with E-state index in [9.17, 15) is 9.59 Å². The van der Waals surface area contributed by atoms with Crippen LogP contribution in [0, 0.1) is 22.7 Å². The topological polar surface area (TPSA) is 52.6 Å². The largest absolute Gasteiger partial charge is 0.344 e. The highest BCUT2D eigenvalue weighted by atomic mass is 32.1. The second-order valence-electron chi connectivity index (χ2n) is 10.6. The summed E-state index contributed by atoms with van der Waals surface area (Å²) in [6.07, 6.45) is 3.20. The van der Waals surface area contributed by atoms with Crippen molar-refractivity contribution >= 4 is 23.5 Å². The number of hydrogen-bond acceptors (Lipinski definition) is 4. The Morgan fingerprint density at radius 3 is 2.53 bits per heavy atom. The van der Waals surface area contributed by atoms with Crippen molar-refractivity contribution in [3.63, 3.8) is 0 Å². The maximum Gasteiger partial charge on any atom is 0.221 e. The number of ether oxygens (including phenoxy) is 2. The zero-order valence-corrected chi connectivity index (χ0v) is 18.6. The first-order valence-electron chi connectivity index (χ1n) is 10.7. The summed E-state index contributed by atoms with van der Waals surface area (Å²) >= 11 is 4.20. The fraction of sp³-hybridized carbons (Fsp3) is 0.739. The van der Waals surface area contributed by atoms with E-state index in [0.717, 1.165) is 0 Å². The standard InChI is InChI=1S/C23H28F2O4S/c1-19(2)28-17-11-13-14-10-16(24)15-9-12(26)5-6-20(15,3)22(14,25)8-7-21(13,4)23(17,29-19)18(27)30/h5-6,9,13-14,16-17H,7-8,10-11H2,1-4H3,(H,27,30)/t13-,14-,16-,17+,20-,21-,22+,23-/m0/s1. The molecule has 164 valence electrons. The van der Waals surface area contributed by atoms with E-state index < -0.39 is 51.2 Å². The van der Waals surface area contributed by atoms with Gasteiger partial charge in [0.05, 0.1) is 6.10 Å². The molecule has 0 aromatic rings. The molecule has 4 fully saturated rings. The minimum Gasteiger partial charge on any atom is -0.344 e. The van der Waals surface area contributed by atoms with E-state index in [1.807, 2.05) is 6.92 Å². The summed E-state index contributed by atoms with van der Waals surface area (Å²) in [5, 5.41) is -0.406. The Labute approximate surface area is 180 Å². The van der Waals surface area contributed by atoms with Crippen molar-refractivity contribution in [1.82, 2.24) is 0 Å². The summed E-state index contributed by atoms with van der Waals surface area (Å²) in [6.45, 7) is 7.20. The lowest BCUT2D eigenvalue weighted by Gasteiger charge is -2.61. The van der Waals surface area contributed by atoms with Crippen LogP contribution in [0.2, 0.25) is 0 Å². The van der Waals surface area contributed by atoms with Crippen molar-refractivity contribution in [2.45, 2.75) is 82.7 Å². The molecule has 0 N–H and O–H groups in total. The van der Waals surface area contributed by atoms with E-state index in [2.05, 4.69) is 12.6 Å². The van der Waals surface area contributed by atoms with Gasteiger partial charge in [0, 0.05) is 16.7 Å². The van der Waals surface area contributed by atoms with Crippen LogP contribution in [-0.2, 0) is 19.1 Å². The van der Waals surface area contributed by atoms with E-state index in [0.29, 0.717) is 12.8 Å². The molecule has 0 spiro atoms. The van der Waals surface area contributed by atoms with Gasteiger partial charge in [-0.15, -0.1) is 12.6 Å². The molecule has 1 aliphatic heterocycles. The Hall–Kier alpha value is -1.05. The van der Waals surface area contributed by atoms with Gasteiger partial charge in [0.1, 0.15) is 11.8 Å². The first-order chi connectivity index (χ1) is 13.8. The molecule has 0 aromatic carbocycles. The average Bonchev–Trinajstić information content (AvgIpc) is 3.06. The molecule has 4 aliphatic carbocycles. The number of ketones is 1. The monoisotopic (exact) mass is 438 g/mol. The lowest BCUT2D eigenvalue weighted by Crippen LogP contribution is -2.65. The van der Waals surface area contributed by atoms with Gasteiger partial charge in [0.25, 0.3) is 0 Å². The Morgan fingerprint density at radius 2 is 1.87 bits per heavy atom. The van der Waals surface area contributed by atoms with Gasteiger partial charge in [-0.05, 0) is 70.1 Å². The summed E-state index contributed by atoms with van der Waals surface area (Å²) in [6, 6.07) is 0. The van der Waals surface area contributed by atoms with Gasteiger partial charge in [0.15, 0.2) is 17.2 Å². The van der Waals surface area contributed by atoms with E-state index in [1.54, 1.807) is 26.8 Å². The normalized spacial score (nSPS) is 53.4. The first-order valence-corrected chi connectivity index (χ1v) is 11.2. The van der Waals surface area contributed by atoms with Gasteiger partial charge in [0.2, 0.25) is 5.12 Å². The van der Waals surface area contributed by atoms with E-state index in [1.165, 1.54) is 12.2 Å². The lowest BCUT2D eigenvalue weighted by atomic mass is 9.45. The van der Waals surface area contributed by atoms with E-state index in [-0.39, 0.29) is 30.1 Å². The Bertz CT molecular complexity index is 915. The van der Waals surface area contributed by atoms with Crippen molar-refractivity contribution in [2.24, 2.45) is 22.7 Å². The second kappa shape index (κ2) is 5.84. The van der Waals surface area contributed by atoms with Gasteiger partial charge in [-0.25, -0.2) is 8.78 Å². The molecule has 7 heteroatoms. The molecule has 0 aromatic heterocycles. The highest BCUT2D eigenvalue weighted by Crippen LogP contribution is 2.72. The third kappa shape index (κ3) is 2.19. The maximum atomic E-state index is 16.9. The molecule has 0 radical (unpaired) electrons. The first kappa shape index (κ1) is 20.8. The molecular formula is C23H28F2O4S. The highest BCUT2D eigenvalue weighted by Gasteiger charge is 2.78. The lowest BCUT2D eigenvalue weighted by molar-refractivity contribution is -0.222. The smallest absolute Gasteiger partial charge is 0.221 e. The van der Waals surface area contributed by atoms with Crippen molar-refractivity contribution < 1.29 is 27.8 Å². The van der Waals surface area contributed by atoms with Crippen molar-refractivity contribution in [2.75, 3.05) is 0 Å². The molecule has 1 saturated heterocycles. The number of fused-ring (bicyclic) bond motifs is 7. The number of rotatable bonds is 1. The van der Waals surface area contributed by atoms with E-state index >= 15 is 8.78 Å². The Kier molecular flexibility index (Phi) is 4.06. The number of carbonyl (C=O) groups excluding carboxylic acids is 2. The summed E-state index contributed by atoms with van der Waals surface area (Å²) in [7, 11) is 0. The SMILES string of the molecule is CC1(C)O[C@@H]2C[C@H]3[C@@H]4C[C@H](F)C5=CC(=O)C=C[C@]5(C)[C@@]4(F)CC[C@]3(C)[C@]2(C(=O)S)O1. The number of alkyl halides is 2. The van der Waals surface area contributed by atoms with Crippen molar-refractivity contribution in [1.29, 1.82) is 0 Å². The van der Waals surface area contributed by atoms with Crippen LogP contribution >= 0.6 is 12.6 Å². The van der Waals surface area contributed by atoms with Crippen LogP contribution < -0.4 is 0 Å². The summed E-state index contributed by atoms with van der Waals surface area (Å²) in [5.74, 6) is -2.15. The molecule has 5 aliphatic rings. The van der Waals surface area contributed by atoms with Crippen LogP contribution in [-0.4, -0.2) is 40.2 Å². The van der Waals surface area contributed by atoms with Gasteiger partial charge >= 0.3 is 0 Å². The highest BCUT2D eigenvalue weighted by molar-refractivity contribution is 7.96. The number of carbonyl (C=O) groups is 2. The summed E-state index contributed by atoms with van der Waals surface area (Å²) in [5.41, 5.74) is -4.63. The van der Waals surface area contributed by atoms with Crippen LogP contribution in [0.3, 0.4) is 0 Å². The average molecular weight is 439 g/mol. The van der Waals surface area contributed by atoms with Crippen LogP contribution in [0.25, 0.3) is 0 Å². The third-order valence-corrected chi connectivity index (χ3v) is 9.29. The van der Waals surface area contributed by atoms with Crippen molar-refractivity contribution in [3.05, 3.63) is 23.8 Å². The minimum absolute atomic E-state index is 0.00768. The van der Waals surface area contributed by atoms with Gasteiger partial charge in [-0.2, -0.15) is 0 Å². The Balaban J connectivity index is 1.62. The van der Waals surface area contributed by atoms with Crippen LogP contribution in [0.15, 0.2) is 23.8 Å². The van der Waals surface area contributed by atoms with Crippen LogP contribution in [0.5, 0.6) is 0 Å². The van der Waals surface area contributed by atoms with Crippen molar-refractivity contribution in [3.8, 4) is 0 Å². The number of halogens is 2. The predicted octanol–water partition coefficient (Wildman–Crippen LogP) is 4.29. The number of thiol groups is 1. The van der Waals surface area contributed by atoms with Gasteiger partial charge in [-0.3, -0.25) is 9.59 Å². The fourth-order valence-electron chi connectivity index (χ4n) is 7.55. The van der Waals surface area contributed by atoms with Gasteiger partial charge < -0.3 is 9.47 Å². The van der Waals surface area contributed by atoms with Gasteiger partial charge in [-0.1, -0.05) is 13.0 Å². The zero-order chi connectivity index (χ0) is 21.9. The maximum absolute atomic E-state index is 16.9. The zero-order valence-electron chi connectivity index (χ0n) is 17.7. The number of hydrogen-bond donors (Lipinski definition) is 1. The molecular weight excluding hydrogens is 410 g/mol. The van der Waals surface area contributed by atoms with E-state index in [4.69, 9.17) is 9.47 Å². The predicted molar refractivity (Wildman–Crippen MR) is 109 cm³/mol. The Morgan fingerprint density at radius 1 is 1.17 bits per heavy atom. The second-order valence-corrected chi connectivity index (χ2v) is 11.0. The molecule has 4 nitrogen and oxygen atoms in total. The molecule has 1 heterocycles. The molecule has 30 heavy (non-hydrogen) atoms. The molecule has 0 unspecified atom stereocenters. The third-order valence-electron chi connectivity index (χ3n) is 8.96. The minimum atomic E-state index is -1.71. The fourth-order valence-corrected chi connectivity index (χ4v) is 8.00. The molecule has 3 saturated carbocycles. The molecule has 0 bridgehead atoms.